The molecule has 2 bridgehead atoms. The summed E-state index contributed by atoms with van der Waals surface area (Å²) in [6, 6.07) is 13.1. The lowest BCUT2D eigenvalue weighted by Gasteiger charge is -2.54. The number of likely N-dealkylation sites (tertiary alicyclic amines) is 1. The average molecular weight is 573 g/mol. The normalized spacial score (nSPS) is 20.9. The molecule has 8 nitrogen and oxygen atoms in total. The largest absolute Gasteiger partial charge is 0.480 e. The van der Waals surface area contributed by atoms with Gasteiger partial charge >= 0.3 is 18.0 Å². The van der Waals surface area contributed by atoms with E-state index in [0.717, 1.165) is 73.9 Å². The van der Waals surface area contributed by atoms with Crippen molar-refractivity contribution in [2.24, 2.45) is 0 Å². The molecule has 3 atom stereocenters. The second-order valence-corrected chi connectivity index (χ2v) is 11.7. The molecular weight excluding hydrogens is 528 g/mol. The van der Waals surface area contributed by atoms with Gasteiger partial charge in [-0.2, -0.15) is 0 Å². The molecule has 8 heteroatoms. The van der Waals surface area contributed by atoms with E-state index in [0.29, 0.717) is 19.5 Å². The fourth-order valence-corrected chi connectivity index (χ4v) is 6.82. The molecule has 0 aromatic heterocycles. The van der Waals surface area contributed by atoms with Crippen molar-refractivity contribution >= 4 is 41.6 Å². The Morgan fingerprint density at radius 1 is 0.833 bits per heavy atom. The van der Waals surface area contributed by atoms with Crippen molar-refractivity contribution in [3.8, 4) is 0 Å². The highest BCUT2D eigenvalue weighted by Crippen LogP contribution is 2.40. The van der Waals surface area contributed by atoms with Crippen LogP contribution in [0.25, 0.3) is 12.2 Å². The Balaban J connectivity index is 1.48. The minimum atomic E-state index is -1.12. The average Bonchev–Trinajstić information content (AvgIpc) is 3.16. The molecule has 1 N–H and O–H groups in total. The lowest BCUT2D eigenvalue weighted by molar-refractivity contribution is -0.148. The maximum atomic E-state index is 14.6. The van der Waals surface area contributed by atoms with Gasteiger partial charge < -0.3 is 19.8 Å². The first-order valence-corrected chi connectivity index (χ1v) is 15.7. The highest BCUT2D eigenvalue weighted by molar-refractivity contribution is 6.06. The summed E-state index contributed by atoms with van der Waals surface area (Å²) in [6.07, 6.45) is 12.3. The van der Waals surface area contributed by atoms with Gasteiger partial charge in [0.25, 0.3) is 0 Å². The van der Waals surface area contributed by atoms with Gasteiger partial charge in [-0.3, -0.25) is 4.90 Å². The van der Waals surface area contributed by atoms with E-state index in [2.05, 4.69) is 13.8 Å². The van der Waals surface area contributed by atoms with Crippen LogP contribution in [0.5, 0.6) is 0 Å². The van der Waals surface area contributed by atoms with Gasteiger partial charge in [-0.1, -0.05) is 88.1 Å². The first-order valence-electron chi connectivity index (χ1n) is 15.7. The zero-order chi connectivity index (χ0) is 29.6. The van der Waals surface area contributed by atoms with Crippen LogP contribution in [0.15, 0.2) is 48.5 Å². The van der Waals surface area contributed by atoms with E-state index in [1.165, 1.54) is 4.90 Å². The van der Waals surface area contributed by atoms with Gasteiger partial charge in [0.05, 0.1) is 23.5 Å². The Morgan fingerprint density at radius 2 is 1.40 bits per heavy atom. The molecule has 0 radical (unpaired) electrons. The van der Waals surface area contributed by atoms with Crippen LogP contribution in [0.4, 0.5) is 21.0 Å². The number of carboxylic acids is 1. The number of aliphatic carboxylic acids is 1. The van der Waals surface area contributed by atoms with Gasteiger partial charge in [-0.05, 0) is 55.4 Å². The summed E-state index contributed by atoms with van der Waals surface area (Å²) < 4.78 is 0. The van der Waals surface area contributed by atoms with Crippen LogP contribution in [-0.2, 0) is 4.79 Å². The SMILES string of the molecule is CCCCCN(CCCCC)C(=O)N1[C@H]2CCC[C@@H]1[C@@H](C(=O)O)N(C(=O)N1c3ccccc3C=Cc3ccccc31)C2. The Morgan fingerprint density at radius 3 is 1.95 bits per heavy atom. The van der Waals surface area contributed by atoms with E-state index in [1.54, 1.807) is 4.90 Å². The second kappa shape index (κ2) is 13.4. The first kappa shape index (κ1) is 29.7. The first-order chi connectivity index (χ1) is 20.5. The number of urea groups is 2. The van der Waals surface area contributed by atoms with E-state index < -0.39 is 18.1 Å². The number of para-hydroxylation sites is 2. The van der Waals surface area contributed by atoms with Gasteiger partial charge in [0.1, 0.15) is 0 Å². The summed E-state index contributed by atoms with van der Waals surface area (Å²) in [4.78, 5) is 48.7. The van der Waals surface area contributed by atoms with Crippen molar-refractivity contribution in [1.29, 1.82) is 0 Å². The number of carbonyl (C=O) groups excluding carboxylic acids is 2. The zero-order valence-electron chi connectivity index (χ0n) is 25.0. The molecule has 3 heterocycles. The summed E-state index contributed by atoms with van der Waals surface area (Å²) in [5.74, 6) is -1.07. The molecule has 2 fully saturated rings. The molecule has 0 spiro atoms. The van der Waals surface area contributed by atoms with Crippen molar-refractivity contribution in [3.05, 3.63) is 59.7 Å². The van der Waals surface area contributed by atoms with E-state index >= 15 is 0 Å². The molecule has 3 aliphatic heterocycles. The topological polar surface area (TPSA) is 84.4 Å². The Hall–Kier alpha value is -3.81. The number of piperidine rings is 1. The van der Waals surface area contributed by atoms with Gasteiger partial charge in [0.2, 0.25) is 0 Å². The molecule has 0 unspecified atom stereocenters. The Kier molecular flexibility index (Phi) is 9.50. The highest BCUT2D eigenvalue weighted by atomic mass is 16.4. The lowest BCUT2D eigenvalue weighted by atomic mass is 9.86. The quantitative estimate of drug-likeness (QED) is 0.322. The Bertz CT molecular complexity index is 1250. The molecule has 5 rings (SSSR count). The predicted octanol–water partition coefficient (Wildman–Crippen LogP) is 7.22. The summed E-state index contributed by atoms with van der Waals surface area (Å²) in [6.45, 7) is 5.86. The molecule has 2 aromatic carbocycles. The maximum absolute atomic E-state index is 14.6. The van der Waals surface area contributed by atoms with Crippen molar-refractivity contribution in [2.45, 2.75) is 89.8 Å². The molecule has 2 saturated heterocycles. The summed E-state index contributed by atoms with van der Waals surface area (Å²) in [7, 11) is 0. The van der Waals surface area contributed by atoms with E-state index in [-0.39, 0.29) is 24.6 Å². The number of amides is 4. The number of anilines is 2. The Labute approximate surface area is 249 Å². The third kappa shape index (κ3) is 5.90. The number of carboxylic acid groups (broad SMARTS) is 1. The standard InChI is InChI=1S/C34H44N4O4/c1-3-5-11-22-35(23-12-6-4-2)33(41)37-27-16-13-19-30(37)31(32(39)40)36(24-27)34(42)38-28-17-9-7-14-25(28)20-21-26-15-8-10-18-29(26)38/h7-10,14-15,17-18,20-21,27,30-31H,3-6,11-13,16,19,22-24H2,1-2H3,(H,39,40)/t27-,30+,31-/m0/s1. The highest BCUT2D eigenvalue weighted by Gasteiger charge is 2.52. The minimum absolute atomic E-state index is 0.0649. The monoisotopic (exact) mass is 572 g/mol. The molecule has 4 amide bonds. The van der Waals surface area contributed by atoms with E-state index in [1.807, 2.05) is 70.5 Å². The fraction of sp³-hybridized carbons (Fsp3) is 0.500. The van der Waals surface area contributed by atoms with Gasteiger partial charge in [-0.25, -0.2) is 14.4 Å². The minimum Gasteiger partial charge on any atom is -0.480 e. The zero-order valence-corrected chi connectivity index (χ0v) is 25.0. The number of fused-ring (bicyclic) bond motifs is 4. The number of hydrogen-bond donors (Lipinski definition) is 1. The molecule has 0 saturated carbocycles. The van der Waals surface area contributed by atoms with Gasteiger partial charge in [0, 0.05) is 19.6 Å². The van der Waals surface area contributed by atoms with Gasteiger partial charge in [-0.15, -0.1) is 0 Å². The van der Waals surface area contributed by atoms with Crippen molar-refractivity contribution in [1.82, 2.24) is 14.7 Å². The smallest absolute Gasteiger partial charge is 0.330 e. The van der Waals surface area contributed by atoms with Crippen molar-refractivity contribution in [2.75, 3.05) is 24.5 Å². The van der Waals surface area contributed by atoms with Crippen LogP contribution < -0.4 is 4.90 Å². The molecule has 42 heavy (non-hydrogen) atoms. The number of piperazine rings is 1. The molecule has 0 aliphatic carbocycles. The second-order valence-electron chi connectivity index (χ2n) is 11.7. The predicted molar refractivity (Wildman–Crippen MR) is 167 cm³/mol. The number of nitrogens with zero attached hydrogens (tertiary/aromatic N) is 4. The van der Waals surface area contributed by atoms with E-state index in [4.69, 9.17) is 0 Å². The summed E-state index contributed by atoms with van der Waals surface area (Å²) in [5, 5.41) is 10.6. The van der Waals surface area contributed by atoms with Crippen molar-refractivity contribution < 1.29 is 19.5 Å². The molecule has 3 aliphatic rings. The molecule has 224 valence electrons. The van der Waals surface area contributed by atoms with Gasteiger partial charge in [0.15, 0.2) is 6.04 Å². The van der Waals surface area contributed by atoms with Crippen LogP contribution in [0.2, 0.25) is 0 Å². The molecule has 2 aromatic rings. The van der Waals surface area contributed by atoms with Crippen LogP contribution in [0, 0.1) is 0 Å². The number of benzene rings is 2. The molecular formula is C34H44N4O4. The number of hydrogen-bond acceptors (Lipinski definition) is 3. The maximum Gasteiger partial charge on any atom is 0.330 e. The van der Waals surface area contributed by atoms with Crippen LogP contribution in [0.3, 0.4) is 0 Å². The van der Waals surface area contributed by atoms with Crippen molar-refractivity contribution in [3.63, 3.8) is 0 Å². The van der Waals surface area contributed by atoms with Crippen LogP contribution >= 0.6 is 0 Å². The third-order valence-corrected chi connectivity index (χ3v) is 8.94. The lowest BCUT2D eigenvalue weighted by Crippen LogP contribution is -2.72. The number of carbonyl (C=O) groups is 3. The third-order valence-electron chi connectivity index (χ3n) is 8.94. The van der Waals surface area contributed by atoms with E-state index in [9.17, 15) is 19.5 Å². The van der Waals surface area contributed by atoms with Crippen LogP contribution in [-0.4, -0.2) is 75.6 Å². The number of unbranched alkanes of at least 4 members (excludes halogenated alkanes) is 4. The number of rotatable bonds is 9. The summed E-state index contributed by atoms with van der Waals surface area (Å²) in [5.41, 5.74) is 3.21. The fourth-order valence-electron chi connectivity index (χ4n) is 6.82. The summed E-state index contributed by atoms with van der Waals surface area (Å²) >= 11 is 0. The van der Waals surface area contributed by atoms with Crippen LogP contribution in [0.1, 0.15) is 82.8 Å².